The van der Waals surface area contributed by atoms with Gasteiger partial charge in [-0.05, 0) is 37.0 Å². The van der Waals surface area contributed by atoms with Crippen molar-refractivity contribution in [2.45, 2.75) is 39.2 Å². The van der Waals surface area contributed by atoms with E-state index in [0.29, 0.717) is 43.9 Å². The highest BCUT2D eigenvalue weighted by atomic mass is 35.5. The maximum atomic E-state index is 12.6. The first-order valence-electron chi connectivity index (χ1n) is 8.80. The van der Waals surface area contributed by atoms with Gasteiger partial charge in [0.25, 0.3) is 0 Å². The van der Waals surface area contributed by atoms with Crippen LogP contribution in [0.2, 0.25) is 5.02 Å². The summed E-state index contributed by atoms with van der Waals surface area (Å²) in [7, 11) is -1.39. The van der Waals surface area contributed by atoms with Crippen LogP contribution in [-0.4, -0.2) is 49.4 Å². The summed E-state index contributed by atoms with van der Waals surface area (Å²) in [6.07, 6.45) is 2.72. The number of amides is 1. The van der Waals surface area contributed by atoms with E-state index in [0.717, 1.165) is 12.0 Å². The maximum absolute atomic E-state index is 12.6. The molecule has 0 bridgehead atoms. The zero-order chi connectivity index (χ0) is 18.4. The van der Waals surface area contributed by atoms with E-state index in [2.05, 4.69) is 0 Å². The first-order chi connectivity index (χ1) is 11.8. The Labute approximate surface area is 156 Å². The number of rotatable bonds is 7. The third kappa shape index (κ3) is 5.69. The topological polar surface area (TPSA) is 57.7 Å². The summed E-state index contributed by atoms with van der Waals surface area (Å²) in [5.41, 5.74) is 0.989. The Bertz CT molecular complexity index is 685. The molecular formula is C18H27ClN2O3S. The van der Waals surface area contributed by atoms with Gasteiger partial charge in [-0.25, -0.2) is 12.7 Å². The molecule has 0 aromatic heterocycles. The van der Waals surface area contributed by atoms with Crippen LogP contribution in [0.1, 0.15) is 38.2 Å². The minimum absolute atomic E-state index is 0.0746. The van der Waals surface area contributed by atoms with Gasteiger partial charge in [-0.3, -0.25) is 4.79 Å². The van der Waals surface area contributed by atoms with Crippen LogP contribution >= 0.6 is 11.6 Å². The molecule has 7 heteroatoms. The SMILES string of the molecule is CCCCS(=O)(=O)N1CCC(C(=O)N(C)Cc2cccc(Cl)c2)CC1. The van der Waals surface area contributed by atoms with Crippen LogP contribution in [0.15, 0.2) is 24.3 Å². The Kier molecular flexibility index (Phi) is 7.28. The predicted molar refractivity (Wildman–Crippen MR) is 101 cm³/mol. The number of hydrogen-bond acceptors (Lipinski definition) is 3. The molecule has 1 saturated heterocycles. The van der Waals surface area contributed by atoms with E-state index in [9.17, 15) is 13.2 Å². The van der Waals surface area contributed by atoms with Crippen LogP contribution in [-0.2, 0) is 21.4 Å². The number of benzene rings is 1. The summed E-state index contributed by atoms with van der Waals surface area (Å²) < 4.78 is 26.0. The summed E-state index contributed by atoms with van der Waals surface area (Å²) in [5.74, 6) is 0.170. The molecule has 5 nitrogen and oxygen atoms in total. The van der Waals surface area contributed by atoms with Crippen LogP contribution in [0.5, 0.6) is 0 Å². The number of sulfonamides is 1. The fourth-order valence-electron chi connectivity index (χ4n) is 3.14. The molecule has 0 saturated carbocycles. The van der Waals surface area contributed by atoms with E-state index in [4.69, 9.17) is 11.6 Å². The Morgan fingerprint density at radius 3 is 2.60 bits per heavy atom. The van der Waals surface area contributed by atoms with Crippen molar-refractivity contribution in [3.05, 3.63) is 34.9 Å². The average Bonchev–Trinajstić information content (AvgIpc) is 2.59. The van der Waals surface area contributed by atoms with Gasteiger partial charge in [0.05, 0.1) is 5.75 Å². The normalized spacial score (nSPS) is 16.8. The summed E-state index contributed by atoms with van der Waals surface area (Å²) in [4.78, 5) is 14.3. The van der Waals surface area contributed by atoms with Gasteiger partial charge in [0, 0.05) is 37.6 Å². The molecule has 25 heavy (non-hydrogen) atoms. The van der Waals surface area contributed by atoms with Crippen molar-refractivity contribution in [1.29, 1.82) is 0 Å². The van der Waals surface area contributed by atoms with E-state index in [1.54, 1.807) is 16.3 Å². The third-order valence-corrected chi connectivity index (χ3v) is 6.83. The van der Waals surface area contributed by atoms with E-state index < -0.39 is 10.0 Å². The Hall–Kier alpha value is -1.11. The third-order valence-electron chi connectivity index (χ3n) is 4.64. The van der Waals surface area contributed by atoms with Crippen molar-refractivity contribution in [2.75, 3.05) is 25.9 Å². The average molecular weight is 387 g/mol. The fraction of sp³-hybridized carbons (Fsp3) is 0.611. The van der Waals surface area contributed by atoms with Gasteiger partial charge in [0.15, 0.2) is 0 Å². The number of unbranched alkanes of at least 4 members (excludes halogenated alkanes) is 1. The van der Waals surface area contributed by atoms with Crippen LogP contribution in [0, 0.1) is 5.92 Å². The van der Waals surface area contributed by atoms with Gasteiger partial charge in [0.1, 0.15) is 0 Å². The number of piperidine rings is 1. The Morgan fingerprint density at radius 2 is 2.00 bits per heavy atom. The molecule has 0 spiro atoms. The van der Waals surface area contributed by atoms with Gasteiger partial charge < -0.3 is 4.90 Å². The molecule has 1 aliphatic heterocycles. The number of carbonyl (C=O) groups excluding carboxylic acids is 1. The second kappa shape index (κ2) is 9.01. The lowest BCUT2D eigenvalue weighted by Crippen LogP contribution is -2.44. The number of hydrogen-bond donors (Lipinski definition) is 0. The monoisotopic (exact) mass is 386 g/mol. The van der Waals surface area contributed by atoms with E-state index in [1.807, 2.05) is 31.2 Å². The number of nitrogens with zero attached hydrogens (tertiary/aromatic N) is 2. The van der Waals surface area contributed by atoms with Crippen molar-refractivity contribution in [1.82, 2.24) is 9.21 Å². The van der Waals surface area contributed by atoms with Gasteiger partial charge in [0.2, 0.25) is 15.9 Å². The van der Waals surface area contributed by atoms with Crippen LogP contribution in [0.3, 0.4) is 0 Å². The predicted octanol–water partition coefficient (Wildman–Crippen LogP) is 3.14. The molecule has 1 amide bonds. The first-order valence-corrected chi connectivity index (χ1v) is 10.8. The van der Waals surface area contributed by atoms with Crippen LogP contribution < -0.4 is 0 Å². The number of carbonyl (C=O) groups is 1. The zero-order valence-corrected chi connectivity index (χ0v) is 16.5. The minimum Gasteiger partial charge on any atom is -0.341 e. The van der Waals surface area contributed by atoms with E-state index >= 15 is 0 Å². The summed E-state index contributed by atoms with van der Waals surface area (Å²) in [6.45, 7) is 3.37. The highest BCUT2D eigenvalue weighted by Gasteiger charge is 2.31. The second-order valence-electron chi connectivity index (χ2n) is 6.67. The second-order valence-corrected chi connectivity index (χ2v) is 9.19. The summed E-state index contributed by atoms with van der Waals surface area (Å²) >= 11 is 5.99. The van der Waals surface area contributed by atoms with Crippen molar-refractivity contribution in [2.24, 2.45) is 5.92 Å². The molecule has 0 N–H and O–H groups in total. The van der Waals surface area contributed by atoms with Gasteiger partial charge in [-0.2, -0.15) is 0 Å². The Morgan fingerprint density at radius 1 is 1.32 bits per heavy atom. The highest BCUT2D eigenvalue weighted by molar-refractivity contribution is 7.89. The molecule has 1 aromatic rings. The van der Waals surface area contributed by atoms with Crippen molar-refractivity contribution in [3.8, 4) is 0 Å². The summed E-state index contributed by atoms with van der Waals surface area (Å²) in [6, 6.07) is 7.48. The highest BCUT2D eigenvalue weighted by Crippen LogP contribution is 2.23. The minimum atomic E-state index is -3.17. The van der Waals surface area contributed by atoms with Crippen molar-refractivity contribution < 1.29 is 13.2 Å². The molecule has 2 rings (SSSR count). The molecule has 1 fully saturated rings. The fourth-order valence-corrected chi connectivity index (χ4v) is 5.03. The zero-order valence-electron chi connectivity index (χ0n) is 14.9. The first kappa shape index (κ1) is 20.2. The standard InChI is InChI=1S/C18H27ClN2O3S/c1-3-4-12-25(23,24)21-10-8-16(9-11-21)18(22)20(2)14-15-6-5-7-17(19)13-15/h5-7,13,16H,3-4,8-12,14H2,1-2H3. The largest absolute Gasteiger partial charge is 0.341 e. The lowest BCUT2D eigenvalue weighted by atomic mass is 9.96. The molecule has 0 atom stereocenters. The molecule has 1 heterocycles. The molecule has 140 valence electrons. The lowest BCUT2D eigenvalue weighted by molar-refractivity contribution is -0.135. The van der Waals surface area contributed by atoms with E-state index in [1.165, 1.54) is 0 Å². The van der Waals surface area contributed by atoms with Crippen LogP contribution in [0.4, 0.5) is 0 Å². The molecule has 0 unspecified atom stereocenters. The maximum Gasteiger partial charge on any atom is 0.225 e. The molecular weight excluding hydrogens is 360 g/mol. The van der Waals surface area contributed by atoms with Gasteiger partial charge in [-0.15, -0.1) is 0 Å². The molecule has 0 aliphatic carbocycles. The summed E-state index contributed by atoms with van der Waals surface area (Å²) in [5, 5.41) is 0.656. The smallest absolute Gasteiger partial charge is 0.225 e. The van der Waals surface area contributed by atoms with Crippen LogP contribution in [0.25, 0.3) is 0 Å². The number of halogens is 1. The van der Waals surface area contributed by atoms with Crippen molar-refractivity contribution in [3.63, 3.8) is 0 Å². The molecule has 1 aromatic carbocycles. The lowest BCUT2D eigenvalue weighted by Gasteiger charge is -2.32. The van der Waals surface area contributed by atoms with E-state index in [-0.39, 0.29) is 17.6 Å². The van der Waals surface area contributed by atoms with Gasteiger partial charge >= 0.3 is 0 Å². The Balaban J connectivity index is 1.88. The quantitative estimate of drug-likeness (QED) is 0.723. The molecule has 1 aliphatic rings. The van der Waals surface area contributed by atoms with Gasteiger partial charge in [-0.1, -0.05) is 37.1 Å². The molecule has 0 radical (unpaired) electrons. The van der Waals surface area contributed by atoms with Crippen molar-refractivity contribution >= 4 is 27.5 Å².